The number of aromatic amines is 1. The number of imidazole rings is 1. The van der Waals surface area contributed by atoms with E-state index >= 15 is 0 Å². The molecule has 1 aromatic heterocycles. The van der Waals surface area contributed by atoms with E-state index in [2.05, 4.69) is 9.97 Å². The van der Waals surface area contributed by atoms with Crippen LogP contribution < -0.4 is 0 Å². The second-order valence-electron chi connectivity index (χ2n) is 2.61. The van der Waals surface area contributed by atoms with Gasteiger partial charge in [-0.2, -0.15) is 0 Å². The van der Waals surface area contributed by atoms with E-state index in [0.29, 0.717) is 0 Å². The summed E-state index contributed by atoms with van der Waals surface area (Å²) in [5, 5.41) is 37.0. The number of aliphatic hydroxyl groups is 3. The number of nitrogens with one attached hydrogen (secondary N) is 1. The van der Waals surface area contributed by atoms with Gasteiger partial charge in [-0.05, 0) is 4.92 Å². The number of rotatable bonds is 4. The number of aliphatic hydroxyl groups excluding tert-OH is 3. The SMILES string of the molecule is O=[N+]([O-])c1cnc(C(O)C(O)CO)[nH]1. The zero-order valence-electron chi connectivity index (χ0n) is 6.99. The van der Waals surface area contributed by atoms with Crippen LogP contribution in [0.4, 0.5) is 5.82 Å². The Bertz CT molecular complexity index is 325. The van der Waals surface area contributed by atoms with Crippen molar-refractivity contribution in [2.75, 3.05) is 6.61 Å². The molecule has 8 nitrogen and oxygen atoms in total. The number of hydrogen-bond donors (Lipinski definition) is 4. The highest BCUT2D eigenvalue weighted by atomic mass is 16.6. The van der Waals surface area contributed by atoms with Gasteiger partial charge in [0.15, 0.2) is 6.10 Å². The molecule has 0 saturated heterocycles. The van der Waals surface area contributed by atoms with Crippen LogP contribution in [0.1, 0.15) is 11.9 Å². The highest BCUT2D eigenvalue weighted by molar-refractivity contribution is 5.16. The van der Waals surface area contributed by atoms with Crippen molar-refractivity contribution in [3.05, 3.63) is 22.1 Å². The summed E-state index contributed by atoms with van der Waals surface area (Å²) >= 11 is 0. The van der Waals surface area contributed by atoms with Gasteiger partial charge in [-0.1, -0.05) is 0 Å². The summed E-state index contributed by atoms with van der Waals surface area (Å²) < 4.78 is 0. The molecule has 0 aliphatic rings. The van der Waals surface area contributed by atoms with Gasteiger partial charge in [0, 0.05) is 0 Å². The van der Waals surface area contributed by atoms with Crippen LogP contribution in [0.5, 0.6) is 0 Å². The molecular weight excluding hydrogens is 194 g/mol. The van der Waals surface area contributed by atoms with Crippen LogP contribution in [0.15, 0.2) is 6.20 Å². The first-order valence-corrected chi connectivity index (χ1v) is 3.72. The Morgan fingerprint density at radius 1 is 1.64 bits per heavy atom. The summed E-state index contributed by atoms with van der Waals surface area (Å²) in [6.07, 6.45) is -1.96. The molecule has 0 radical (unpaired) electrons. The molecule has 0 aliphatic heterocycles. The van der Waals surface area contributed by atoms with E-state index in [-0.39, 0.29) is 11.6 Å². The molecule has 1 rings (SSSR count). The Hall–Kier alpha value is -1.51. The molecule has 2 unspecified atom stereocenters. The molecule has 4 N–H and O–H groups in total. The van der Waals surface area contributed by atoms with Gasteiger partial charge in [-0.3, -0.25) is 0 Å². The molecule has 0 spiro atoms. The second-order valence-corrected chi connectivity index (χ2v) is 2.61. The molecule has 0 aromatic carbocycles. The molecule has 14 heavy (non-hydrogen) atoms. The lowest BCUT2D eigenvalue weighted by atomic mass is 10.2. The molecule has 78 valence electrons. The Labute approximate surface area is 78.0 Å². The monoisotopic (exact) mass is 203 g/mol. The van der Waals surface area contributed by atoms with Gasteiger partial charge >= 0.3 is 5.82 Å². The van der Waals surface area contributed by atoms with Crippen LogP contribution in [0.2, 0.25) is 0 Å². The minimum absolute atomic E-state index is 0.154. The van der Waals surface area contributed by atoms with Crippen molar-refractivity contribution in [1.82, 2.24) is 9.97 Å². The highest BCUT2D eigenvalue weighted by Crippen LogP contribution is 2.16. The van der Waals surface area contributed by atoms with Crippen LogP contribution >= 0.6 is 0 Å². The van der Waals surface area contributed by atoms with Gasteiger partial charge in [0.05, 0.1) is 6.61 Å². The van der Waals surface area contributed by atoms with E-state index < -0.39 is 23.7 Å². The van der Waals surface area contributed by atoms with Crippen molar-refractivity contribution in [3.63, 3.8) is 0 Å². The maximum absolute atomic E-state index is 10.2. The van der Waals surface area contributed by atoms with Crippen LogP contribution in [-0.2, 0) is 0 Å². The van der Waals surface area contributed by atoms with Crippen LogP contribution in [0.25, 0.3) is 0 Å². The maximum atomic E-state index is 10.2. The lowest BCUT2D eigenvalue weighted by Crippen LogP contribution is -2.22. The van der Waals surface area contributed by atoms with Crippen molar-refractivity contribution >= 4 is 5.82 Å². The third-order valence-electron chi connectivity index (χ3n) is 1.61. The summed E-state index contributed by atoms with van der Waals surface area (Å²) in [5.41, 5.74) is 0. The Morgan fingerprint density at radius 3 is 2.71 bits per heavy atom. The molecule has 0 amide bonds. The summed E-state index contributed by atoms with van der Waals surface area (Å²) in [6, 6.07) is 0. The van der Waals surface area contributed by atoms with Gasteiger partial charge in [-0.25, -0.2) is 9.97 Å². The highest BCUT2D eigenvalue weighted by Gasteiger charge is 2.24. The molecule has 0 aliphatic carbocycles. The first-order valence-electron chi connectivity index (χ1n) is 3.72. The van der Waals surface area contributed by atoms with Crippen molar-refractivity contribution in [2.24, 2.45) is 0 Å². The van der Waals surface area contributed by atoms with Crippen LogP contribution in [-0.4, -0.2) is 42.9 Å². The molecule has 0 bridgehead atoms. The second kappa shape index (κ2) is 4.13. The Morgan fingerprint density at radius 2 is 2.29 bits per heavy atom. The van der Waals surface area contributed by atoms with Gasteiger partial charge < -0.3 is 25.4 Å². The number of nitro groups is 1. The molecule has 0 saturated carbocycles. The quantitative estimate of drug-likeness (QED) is 0.355. The standard InChI is InChI=1S/C6H9N3O5/c10-2-3(11)5(12)6-7-1-4(8-6)9(13)14/h1,3,5,10-12H,2H2,(H,7,8). The fraction of sp³-hybridized carbons (Fsp3) is 0.500. The average Bonchev–Trinajstić information content (AvgIpc) is 2.64. The van der Waals surface area contributed by atoms with E-state index in [4.69, 9.17) is 10.2 Å². The molecule has 2 atom stereocenters. The molecular formula is C6H9N3O5. The third kappa shape index (κ3) is 2.05. The van der Waals surface area contributed by atoms with Gasteiger partial charge in [0.25, 0.3) is 0 Å². The molecule has 0 fully saturated rings. The number of H-pyrrole nitrogens is 1. The first kappa shape index (κ1) is 10.6. The zero-order valence-corrected chi connectivity index (χ0v) is 6.99. The summed E-state index contributed by atoms with van der Waals surface area (Å²) in [6.45, 7) is -0.657. The predicted molar refractivity (Wildman–Crippen MR) is 43.3 cm³/mol. The molecule has 8 heteroatoms. The van der Waals surface area contributed by atoms with E-state index in [1.165, 1.54) is 0 Å². The lowest BCUT2D eigenvalue weighted by Gasteiger charge is -2.10. The Balaban J connectivity index is 2.81. The maximum Gasteiger partial charge on any atom is 0.340 e. The summed E-state index contributed by atoms with van der Waals surface area (Å²) in [7, 11) is 0. The predicted octanol–water partition coefficient (Wildman–Crippen LogP) is -1.30. The number of hydrogen-bond acceptors (Lipinski definition) is 6. The van der Waals surface area contributed by atoms with Crippen LogP contribution in [0, 0.1) is 10.1 Å². The molecule has 1 heterocycles. The van der Waals surface area contributed by atoms with Crippen LogP contribution in [0.3, 0.4) is 0 Å². The largest absolute Gasteiger partial charge is 0.394 e. The van der Waals surface area contributed by atoms with E-state index in [1.807, 2.05) is 0 Å². The zero-order chi connectivity index (χ0) is 10.7. The van der Waals surface area contributed by atoms with Crippen molar-refractivity contribution < 1.29 is 20.2 Å². The lowest BCUT2D eigenvalue weighted by molar-refractivity contribution is -0.389. The fourth-order valence-electron chi connectivity index (χ4n) is 0.852. The molecule has 1 aromatic rings. The van der Waals surface area contributed by atoms with E-state index in [9.17, 15) is 15.2 Å². The first-order chi connectivity index (χ1) is 6.56. The normalized spacial score (nSPS) is 15.1. The van der Waals surface area contributed by atoms with Gasteiger partial charge in [-0.15, -0.1) is 0 Å². The van der Waals surface area contributed by atoms with Crippen molar-refractivity contribution in [3.8, 4) is 0 Å². The number of nitrogens with zero attached hydrogens (tertiary/aromatic N) is 2. The van der Waals surface area contributed by atoms with E-state index in [1.54, 1.807) is 0 Å². The van der Waals surface area contributed by atoms with E-state index in [0.717, 1.165) is 6.20 Å². The minimum Gasteiger partial charge on any atom is -0.394 e. The summed E-state index contributed by atoms with van der Waals surface area (Å²) in [5.74, 6) is -0.539. The Kier molecular flexibility index (Phi) is 3.12. The van der Waals surface area contributed by atoms with Crippen molar-refractivity contribution in [2.45, 2.75) is 12.2 Å². The third-order valence-corrected chi connectivity index (χ3v) is 1.61. The average molecular weight is 203 g/mol. The van der Waals surface area contributed by atoms with Gasteiger partial charge in [0.1, 0.15) is 12.3 Å². The number of aromatic nitrogens is 2. The van der Waals surface area contributed by atoms with Gasteiger partial charge in [0.2, 0.25) is 5.82 Å². The fourth-order valence-corrected chi connectivity index (χ4v) is 0.852. The minimum atomic E-state index is -1.46. The smallest absolute Gasteiger partial charge is 0.340 e. The topological polar surface area (TPSA) is 133 Å². The summed E-state index contributed by atoms with van der Waals surface area (Å²) in [4.78, 5) is 15.2. The van der Waals surface area contributed by atoms with Crippen molar-refractivity contribution in [1.29, 1.82) is 0 Å².